The van der Waals surface area contributed by atoms with Crippen LogP contribution < -0.4 is 5.32 Å². The van der Waals surface area contributed by atoms with Crippen LogP contribution in [0.1, 0.15) is 38.5 Å². The van der Waals surface area contributed by atoms with Crippen molar-refractivity contribution in [3.8, 4) is 0 Å². The predicted molar refractivity (Wildman–Crippen MR) is 75.5 cm³/mol. The number of piperidine rings is 1. The van der Waals surface area contributed by atoms with Gasteiger partial charge in [0.25, 0.3) is 0 Å². The van der Waals surface area contributed by atoms with Crippen LogP contribution >= 0.6 is 0 Å². The third kappa shape index (κ3) is 3.71. The molecule has 20 heavy (non-hydrogen) atoms. The highest BCUT2D eigenvalue weighted by Gasteiger charge is 2.35. The van der Waals surface area contributed by atoms with Crippen molar-refractivity contribution in [3.05, 3.63) is 0 Å². The van der Waals surface area contributed by atoms with Crippen molar-refractivity contribution in [2.75, 3.05) is 19.3 Å². The van der Waals surface area contributed by atoms with Gasteiger partial charge in [0, 0.05) is 19.0 Å². The SMILES string of the molecule is CS(=O)(=O)N1CCCCC1C(=O)NCC1CCCC1O. The first-order chi connectivity index (χ1) is 9.39. The van der Waals surface area contributed by atoms with Gasteiger partial charge >= 0.3 is 0 Å². The molecule has 1 amide bonds. The van der Waals surface area contributed by atoms with Crippen molar-refractivity contribution in [3.63, 3.8) is 0 Å². The zero-order valence-corrected chi connectivity index (χ0v) is 12.7. The molecule has 3 atom stereocenters. The summed E-state index contributed by atoms with van der Waals surface area (Å²) in [6.07, 6.45) is 5.76. The van der Waals surface area contributed by atoms with E-state index in [2.05, 4.69) is 5.32 Å². The Bertz CT molecular complexity index is 451. The Morgan fingerprint density at radius 3 is 2.60 bits per heavy atom. The molecule has 6 nitrogen and oxygen atoms in total. The maximum absolute atomic E-state index is 12.2. The molecule has 1 aliphatic heterocycles. The third-order valence-electron chi connectivity index (χ3n) is 4.34. The van der Waals surface area contributed by atoms with Crippen molar-refractivity contribution in [1.29, 1.82) is 0 Å². The summed E-state index contributed by atoms with van der Waals surface area (Å²) in [7, 11) is -3.35. The summed E-state index contributed by atoms with van der Waals surface area (Å²) < 4.78 is 24.7. The van der Waals surface area contributed by atoms with Crippen molar-refractivity contribution >= 4 is 15.9 Å². The Kier molecular flexibility index (Phi) is 5.04. The van der Waals surface area contributed by atoms with Gasteiger partial charge in [0.1, 0.15) is 6.04 Å². The van der Waals surface area contributed by atoms with Gasteiger partial charge in [0.2, 0.25) is 15.9 Å². The molecule has 1 saturated carbocycles. The van der Waals surface area contributed by atoms with Crippen LogP contribution in [0.5, 0.6) is 0 Å². The zero-order chi connectivity index (χ0) is 14.8. The molecule has 116 valence electrons. The molecule has 0 aromatic rings. The molecule has 1 aliphatic carbocycles. The van der Waals surface area contributed by atoms with Crippen LogP contribution in [0.15, 0.2) is 0 Å². The van der Waals surface area contributed by atoms with E-state index in [4.69, 9.17) is 0 Å². The Balaban J connectivity index is 1.92. The number of nitrogens with zero attached hydrogens (tertiary/aromatic N) is 1. The number of aliphatic hydroxyl groups is 1. The Morgan fingerprint density at radius 1 is 1.25 bits per heavy atom. The fourth-order valence-electron chi connectivity index (χ4n) is 3.17. The average molecular weight is 304 g/mol. The lowest BCUT2D eigenvalue weighted by Gasteiger charge is -2.32. The molecule has 2 N–H and O–H groups in total. The fourth-order valence-corrected chi connectivity index (χ4v) is 4.29. The van der Waals surface area contributed by atoms with E-state index in [9.17, 15) is 18.3 Å². The molecule has 0 bridgehead atoms. The van der Waals surface area contributed by atoms with Crippen molar-refractivity contribution in [2.24, 2.45) is 5.92 Å². The van der Waals surface area contributed by atoms with E-state index in [1.54, 1.807) is 0 Å². The molecule has 1 heterocycles. The first kappa shape index (κ1) is 15.7. The second kappa shape index (κ2) is 6.41. The second-order valence-electron chi connectivity index (χ2n) is 5.89. The molecule has 0 spiro atoms. The summed E-state index contributed by atoms with van der Waals surface area (Å²) >= 11 is 0. The highest BCUT2D eigenvalue weighted by atomic mass is 32.2. The van der Waals surface area contributed by atoms with Gasteiger partial charge in [-0.1, -0.05) is 12.8 Å². The summed E-state index contributed by atoms with van der Waals surface area (Å²) in [5, 5.41) is 12.6. The van der Waals surface area contributed by atoms with Crippen molar-refractivity contribution in [1.82, 2.24) is 9.62 Å². The van der Waals surface area contributed by atoms with Crippen LogP contribution in [0.3, 0.4) is 0 Å². The largest absolute Gasteiger partial charge is 0.393 e. The van der Waals surface area contributed by atoms with E-state index in [1.165, 1.54) is 4.31 Å². The Morgan fingerprint density at radius 2 is 2.00 bits per heavy atom. The minimum Gasteiger partial charge on any atom is -0.393 e. The Labute approximate surface area is 120 Å². The number of hydrogen-bond acceptors (Lipinski definition) is 4. The smallest absolute Gasteiger partial charge is 0.238 e. The third-order valence-corrected chi connectivity index (χ3v) is 5.63. The van der Waals surface area contributed by atoms with Gasteiger partial charge in [-0.15, -0.1) is 0 Å². The molecule has 0 radical (unpaired) electrons. The monoisotopic (exact) mass is 304 g/mol. The van der Waals surface area contributed by atoms with Gasteiger partial charge in [-0.2, -0.15) is 4.31 Å². The van der Waals surface area contributed by atoms with Crippen molar-refractivity contribution < 1.29 is 18.3 Å². The number of amides is 1. The Hall–Kier alpha value is -0.660. The van der Waals surface area contributed by atoms with Crippen LogP contribution in [-0.4, -0.2) is 55.2 Å². The summed E-state index contributed by atoms with van der Waals surface area (Å²) in [6.45, 7) is 0.858. The minimum atomic E-state index is -3.35. The quantitative estimate of drug-likeness (QED) is 0.770. The highest BCUT2D eigenvalue weighted by molar-refractivity contribution is 7.88. The van der Waals surface area contributed by atoms with E-state index in [0.29, 0.717) is 19.5 Å². The maximum atomic E-state index is 12.2. The molecular formula is C13H24N2O4S. The molecule has 0 aromatic heterocycles. The number of nitrogens with one attached hydrogen (secondary N) is 1. The van der Waals surface area contributed by atoms with E-state index in [1.807, 2.05) is 0 Å². The molecular weight excluding hydrogens is 280 g/mol. The van der Waals surface area contributed by atoms with Gasteiger partial charge < -0.3 is 10.4 Å². The average Bonchev–Trinajstić information content (AvgIpc) is 2.80. The number of carbonyl (C=O) groups is 1. The first-order valence-electron chi connectivity index (χ1n) is 7.32. The number of hydrogen-bond donors (Lipinski definition) is 2. The molecule has 7 heteroatoms. The lowest BCUT2D eigenvalue weighted by Crippen LogP contribution is -2.52. The summed E-state index contributed by atoms with van der Waals surface area (Å²) in [5.74, 6) is -0.122. The fraction of sp³-hybridized carbons (Fsp3) is 0.923. The summed E-state index contributed by atoms with van der Waals surface area (Å²) in [5.41, 5.74) is 0. The van der Waals surface area contributed by atoms with E-state index in [0.717, 1.165) is 38.4 Å². The summed E-state index contributed by atoms with van der Waals surface area (Å²) in [6, 6.07) is -0.586. The van der Waals surface area contributed by atoms with Gasteiger partial charge in [-0.25, -0.2) is 8.42 Å². The van der Waals surface area contributed by atoms with Crippen molar-refractivity contribution in [2.45, 2.75) is 50.7 Å². The number of aliphatic hydroxyl groups excluding tert-OH is 1. The van der Waals surface area contributed by atoms with E-state index in [-0.39, 0.29) is 17.9 Å². The molecule has 1 saturated heterocycles. The van der Waals surface area contributed by atoms with Crippen LogP contribution in [0.25, 0.3) is 0 Å². The topological polar surface area (TPSA) is 86.7 Å². The minimum absolute atomic E-state index is 0.106. The lowest BCUT2D eigenvalue weighted by atomic mass is 10.0. The molecule has 2 aliphatic rings. The number of rotatable bonds is 4. The van der Waals surface area contributed by atoms with Gasteiger partial charge in [-0.05, 0) is 25.7 Å². The summed E-state index contributed by atoms with van der Waals surface area (Å²) in [4.78, 5) is 12.2. The van der Waals surface area contributed by atoms with E-state index >= 15 is 0 Å². The standard InChI is InChI=1S/C13H24N2O4S/c1-20(18,19)15-8-3-2-6-11(15)13(17)14-9-10-5-4-7-12(10)16/h10-12,16H,2-9H2,1H3,(H,14,17). The predicted octanol–water partition coefficient (Wildman–Crippen LogP) is 0.0777. The highest BCUT2D eigenvalue weighted by Crippen LogP contribution is 2.25. The van der Waals surface area contributed by atoms with Crippen LogP contribution in [0.2, 0.25) is 0 Å². The second-order valence-corrected chi connectivity index (χ2v) is 7.82. The molecule has 0 aromatic carbocycles. The maximum Gasteiger partial charge on any atom is 0.238 e. The normalized spacial score (nSPS) is 32.2. The molecule has 3 unspecified atom stereocenters. The molecule has 2 rings (SSSR count). The van der Waals surface area contributed by atoms with Gasteiger partial charge in [0.15, 0.2) is 0 Å². The van der Waals surface area contributed by atoms with Crippen LogP contribution in [-0.2, 0) is 14.8 Å². The number of sulfonamides is 1. The lowest BCUT2D eigenvalue weighted by molar-refractivity contribution is -0.126. The van der Waals surface area contributed by atoms with Gasteiger partial charge in [-0.3, -0.25) is 4.79 Å². The first-order valence-corrected chi connectivity index (χ1v) is 9.17. The van der Waals surface area contributed by atoms with Crippen LogP contribution in [0, 0.1) is 5.92 Å². The zero-order valence-electron chi connectivity index (χ0n) is 11.9. The van der Waals surface area contributed by atoms with Gasteiger partial charge in [0.05, 0.1) is 12.4 Å². The molecule has 2 fully saturated rings. The van der Waals surface area contributed by atoms with Crippen LogP contribution in [0.4, 0.5) is 0 Å². The van der Waals surface area contributed by atoms with E-state index < -0.39 is 16.1 Å². The number of carbonyl (C=O) groups excluding carboxylic acids is 1.